The van der Waals surface area contributed by atoms with Gasteiger partial charge in [0.05, 0.1) is 11.3 Å². The molecule has 3 rings (SSSR count). The molecule has 1 amide bonds. The zero-order valence-electron chi connectivity index (χ0n) is 12.2. The van der Waals surface area contributed by atoms with E-state index < -0.39 is 4.92 Å². The van der Waals surface area contributed by atoms with Gasteiger partial charge in [-0.3, -0.25) is 14.9 Å². The molecule has 1 N–H and O–H groups in total. The van der Waals surface area contributed by atoms with E-state index in [9.17, 15) is 14.9 Å². The maximum absolute atomic E-state index is 12.1. The number of benzene rings is 2. The summed E-state index contributed by atoms with van der Waals surface area (Å²) in [4.78, 5) is 22.3. The molecule has 1 aliphatic heterocycles. The largest absolute Gasteiger partial charge is 0.486 e. The van der Waals surface area contributed by atoms with Crippen molar-refractivity contribution >= 4 is 17.3 Å². The SMILES string of the molecule is O=C(Cc1ccc2c(c1)OCCO2)Nc1cccc([N+](=O)[O-])c1. The summed E-state index contributed by atoms with van der Waals surface area (Å²) in [5.41, 5.74) is 1.10. The van der Waals surface area contributed by atoms with Crippen molar-refractivity contribution < 1.29 is 19.2 Å². The van der Waals surface area contributed by atoms with Crippen LogP contribution in [-0.2, 0) is 11.2 Å². The van der Waals surface area contributed by atoms with E-state index in [2.05, 4.69) is 5.32 Å². The number of nitrogens with zero attached hydrogens (tertiary/aromatic N) is 1. The van der Waals surface area contributed by atoms with Crippen molar-refractivity contribution in [1.82, 2.24) is 0 Å². The number of rotatable bonds is 4. The van der Waals surface area contributed by atoms with Crippen molar-refractivity contribution in [3.8, 4) is 11.5 Å². The quantitative estimate of drug-likeness (QED) is 0.692. The number of non-ortho nitro benzene ring substituents is 1. The zero-order valence-corrected chi connectivity index (χ0v) is 12.2. The number of nitrogens with one attached hydrogen (secondary N) is 1. The number of hydrogen-bond acceptors (Lipinski definition) is 5. The van der Waals surface area contributed by atoms with Gasteiger partial charge in [-0.05, 0) is 23.8 Å². The van der Waals surface area contributed by atoms with E-state index in [4.69, 9.17) is 9.47 Å². The minimum atomic E-state index is -0.503. The second-order valence-corrected chi connectivity index (χ2v) is 5.01. The third kappa shape index (κ3) is 3.57. The lowest BCUT2D eigenvalue weighted by molar-refractivity contribution is -0.384. The third-order valence-corrected chi connectivity index (χ3v) is 3.31. The molecule has 1 heterocycles. The van der Waals surface area contributed by atoms with Crippen molar-refractivity contribution in [3.05, 3.63) is 58.1 Å². The van der Waals surface area contributed by atoms with Gasteiger partial charge in [0.1, 0.15) is 13.2 Å². The molecule has 0 aromatic heterocycles. The van der Waals surface area contributed by atoms with Crippen molar-refractivity contribution in [2.24, 2.45) is 0 Å². The number of amides is 1. The number of carbonyl (C=O) groups excluding carboxylic acids is 1. The van der Waals surface area contributed by atoms with Crippen LogP contribution in [0.4, 0.5) is 11.4 Å². The Morgan fingerprint density at radius 2 is 1.91 bits per heavy atom. The molecular formula is C16H14N2O5. The second-order valence-electron chi connectivity index (χ2n) is 5.01. The Morgan fingerprint density at radius 3 is 2.70 bits per heavy atom. The number of ether oxygens (including phenoxy) is 2. The van der Waals surface area contributed by atoms with E-state index in [1.54, 1.807) is 24.3 Å². The van der Waals surface area contributed by atoms with E-state index in [-0.39, 0.29) is 18.0 Å². The fourth-order valence-corrected chi connectivity index (χ4v) is 2.29. The Hall–Kier alpha value is -3.09. The van der Waals surface area contributed by atoms with Crippen molar-refractivity contribution in [2.75, 3.05) is 18.5 Å². The molecular weight excluding hydrogens is 300 g/mol. The zero-order chi connectivity index (χ0) is 16.2. The highest BCUT2D eigenvalue weighted by Crippen LogP contribution is 2.31. The van der Waals surface area contributed by atoms with Gasteiger partial charge in [-0.1, -0.05) is 12.1 Å². The highest BCUT2D eigenvalue weighted by molar-refractivity contribution is 5.92. The van der Waals surface area contributed by atoms with Gasteiger partial charge in [-0.2, -0.15) is 0 Å². The van der Waals surface area contributed by atoms with Gasteiger partial charge in [0.15, 0.2) is 11.5 Å². The van der Waals surface area contributed by atoms with Crippen LogP contribution in [0.5, 0.6) is 11.5 Å². The van der Waals surface area contributed by atoms with Gasteiger partial charge < -0.3 is 14.8 Å². The summed E-state index contributed by atoms with van der Waals surface area (Å²) < 4.78 is 10.9. The number of nitro groups is 1. The molecule has 0 atom stereocenters. The Balaban J connectivity index is 1.67. The maximum Gasteiger partial charge on any atom is 0.271 e. The van der Waals surface area contributed by atoms with Crippen LogP contribution in [-0.4, -0.2) is 24.0 Å². The van der Waals surface area contributed by atoms with Crippen LogP contribution in [0.3, 0.4) is 0 Å². The molecule has 0 bridgehead atoms. The lowest BCUT2D eigenvalue weighted by Gasteiger charge is -2.18. The first-order valence-corrected chi connectivity index (χ1v) is 7.04. The number of hydrogen-bond donors (Lipinski definition) is 1. The molecule has 1 aliphatic rings. The monoisotopic (exact) mass is 314 g/mol. The standard InChI is InChI=1S/C16H14N2O5/c19-16(17-12-2-1-3-13(10-12)18(20)21)9-11-4-5-14-15(8-11)23-7-6-22-14/h1-5,8,10H,6-7,9H2,(H,17,19). The van der Waals surface area contributed by atoms with Crippen LogP contribution in [0, 0.1) is 10.1 Å². The lowest BCUT2D eigenvalue weighted by Crippen LogP contribution is -2.17. The number of nitro benzene ring substituents is 1. The minimum Gasteiger partial charge on any atom is -0.486 e. The summed E-state index contributed by atoms with van der Waals surface area (Å²) in [5.74, 6) is 1.03. The second kappa shape index (κ2) is 6.35. The summed E-state index contributed by atoms with van der Waals surface area (Å²) in [7, 11) is 0. The highest BCUT2D eigenvalue weighted by atomic mass is 16.6. The molecule has 7 nitrogen and oxygen atoms in total. The molecule has 0 radical (unpaired) electrons. The Bertz CT molecular complexity index is 760. The number of anilines is 1. The maximum atomic E-state index is 12.1. The van der Waals surface area contributed by atoms with Gasteiger partial charge >= 0.3 is 0 Å². The summed E-state index contributed by atoms with van der Waals surface area (Å²) >= 11 is 0. The van der Waals surface area contributed by atoms with Gasteiger partial charge in [0.2, 0.25) is 5.91 Å². The number of carbonyl (C=O) groups is 1. The van der Waals surface area contributed by atoms with Gasteiger partial charge in [0.25, 0.3) is 5.69 Å². The smallest absolute Gasteiger partial charge is 0.271 e. The normalized spacial score (nSPS) is 12.5. The average Bonchev–Trinajstić information content (AvgIpc) is 2.55. The molecule has 23 heavy (non-hydrogen) atoms. The molecule has 7 heteroatoms. The van der Waals surface area contributed by atoms with E-state index in [0.717, 1.165) is 5.56 Å². The molecule has 0 fully saturated rings. The molecule has 0 aliphatic carbocycles. The molecule has 118 valence electrons. The van der Waals surface area contributed by atoms with Crippen LogP contribution in [0.1, 0.15) is 5.56 Å². The van der Waals surface area contributed by atoms with Crippen LogP contribution < -0.4 is 14.8 Å². The lowest BCUT2D eigenvalue weighted by atomic mass is 10.1. The van der Waals surface area contributed by atoms with Crippen molar-refractivity contribution in [3.63, 3.8) is 0 Å². The topological polar surface area (TPSA) is 90.7 Å². The van der Waals surface area contributed by atoms with Crippen LogP contribution >= 0.6 is 0 Å². The van der Waals surface area contributed by atoms with E-state index in [1.165, 1.54) is 18.2 Å². The molecule has 0 spiro atoms. The van der Waals surface area contributed by atoms with Crippen molar-refractivity contribution in [2.45, 2.75) is 6.42 Å². The average molecular weight is 314 g/mol. The predicted molar refractivity (Wildman–Crippen MR) is 82.9 cm³/mol. The highest BCUT2D eigenvalue weighted by Gasteiger charge is 2.14. The van der Waals surface area contributed by atoms with Gasteiger partial charge in [-0.25, -0.2) is 0 Å². The summed E-state index contributed by atoms with van der Waals surface area (Å²) in [6, 6.07) is 11.2. The Morgan fingerprint density at radius 1 is 1.13 bits per heavy atom. The summed E-state index contributed by atoms with van der Waals surface area (Å²) in [5, 5.41) is 13.4. The molecule has 0 saturated heterocycles. The molecule has 2 aromatic rings. The molecule has 0 saturated carbocycles. The molecule has 2 aromatic carbocycles. The van der Waals surface area contributed by atoms with E-state index >= 15 is 0 Å². The van der Waals surface area contributed by atoms with Crippen LogP contribution in [0.25, 0.3) is 0 Å². The fraction of sp³-hybridized carbons (Fsp3) is 0.188. The minimum absolute atomic E-state index is 0.0675. The Labute approximate surface area is 132 Å². The summed E-state index contributed by atoms with van der Waals surface area (Å²) in [6.45, 7) is 0.996. The first-order chi connectivity index (χ1) is 11.1. The van der Waals surface area contributed by atoms with Crippen LogP contribution in [0.2, 0.25) is 0 Å². The first-order valence-electron chi connectivity index (χ1n) is 7.04. The number of fused-ring (bicyclic) bond motifs is 1. The Kier molecular flexibility index (Phi) is 4.09. The first kappa shape index (κ1) is 14.8. The van der Waals surface area contributed by atoms with E-state index in [1.807, 2.05) is 0 Å². The fourth-order valence-electron chi connectivity index (χ4n) is 2.29. The van der Waals surface area contributed by atoms with E-state index in [0.29, 0.717) is 30.4 Å². The predicted octanol–water partition coefficient (Wildman–Crippen LogP) is 2.55. The third-order valence-electron chi connectivity index (χ3n) is 3.31. The van der Waals surface area contributed by atoms with Gasteiger partial charge in [0, 0.05) is 17.8 Å². The summed E-state index contributed by atoms with van der Waals surface area (Å²) in [6.07, 6.45) is 0.138. The van der Waals surface area contributed by atoms with Crippen LogP contribution in [0.15, 0.2) is 42.5 Å². The molecule has 0 unspecified atom stereocenters. The van der Waals surface area contributed by atoms with Crippen molar-refractivity contribution in [1.29, 1.82) is 0 Å². The van der Waals surface area contributed by atoms with Gasteiger partial charge in [-0.15, -0.1) is 0 Å².